The maximum Gasteiger partial charge on any atom is 0.255 e. The number of ether oxygens (including phenoxy) is 1. The number of rotatable bonds is 6. The number of nitrogens with zero attached hydrogens (tertiary/aromatic N) is 5. The molecule has 0 spiro atoms. The number of aryl methyl sites for hydroxylation is 2. The molecule has 0 aliphatic carbocycles. The summed E-state index contributed by atoms with van der Waals surface area (Å²) in [5, 5.41) is 7.33. The molecule has 4 rings (SSSR count). The molecule has 0 aliphatic heterocycles. The van der Waals surface area contributed by atoms with Crippen LogP contribution in [0.1, 0.15) is 21.7 Å². The van der Waals surface area contributed by atoms with E-state index in [0.717, 1.165) is 17.1 Å². The lowest BCUT2D eigenvalue weighted by Crippen LogP contribution is -2.13. The lowest BCUT2D eigenvalue weighted by atomic mass is 10.2. The normalized spacial score (nSPS) is 10.6. The van der Waals surface area contributed by atoms with Crippen LogP contribution in [0.15, 0.2) is 67.0 Å². The van der Waals surface area contributed by atoms with E-state index in [4.69, 9.17) is 4.74 Å². The van der Waals surface area contributed by atoms with Crippen LogP contribution in [0.25, 0.3) is 5.82 Å². The Morgan fingerprint density at radius 1 is 0.969 bits per heavy atom. The van der Waals surface area contributed by atoms with Crippen LogP contribution < -0.4 is 15.0 Å². The molecule has 0 saturated heterocycles. The third-order valence-corrected chi connectivity index (χ3v) is 4.83. The number of anilines is 2. The van der Waals surface area contributed by atoms with Crippen LogP contribution in [0.5, 0.6) is 11.6 Å². The number of benzene rings is 2. The minimum atomic E-state index is -0.172. The van der Waals surface area contributed by atoms with Gasteiger partial charge in [0.2, 0.25) is 5.88 Å². The van der Waals surface area contributed by atoms with Crippen LogP contribution in [0.4, 0.5) is 11.4 Å². The van der Waals surface area contributed by atoms with E-state index < -0.39 is 0 Å². The molecule has 32 heavy (non-hydrogen) atoms. The summed E-state index contributed by atoms with van der Waals surface area (Å²) in [6, 6.07) is 18.2. The second-order valence-electron chi connectivity index (χ2n) is 7.58. The Hall–Kier alpha value is -4.20. The first-order valence-electron chi connectivity index (χ1n) is 10.1. The fourth-order valence-electron chi connectivity index (χ4n) is 3.20. The molecule has 0 fully saturated rings. The minimum Gasteiger partial charge on any atom is -0.439 e. The zero-order chi connectivity index (χ0) is 22.7. The smallest absolute Gasteiger partial charge is 0.255 e. The van der Waals surface area contributed by atoms with Crippen LogP contribution in [-0.2, 0) is 0 Å². The second kappa shape index (κ2) is 8.89. The Morgan fingerprint density at radius 2 is 1.69 bits per heavy atom. The molecule has 4 aromatic rings. The number of carbonyl (C=O) groups excluding carboxylic acids is 1. The predicted octanol–water partition coefficient (Wildman–Crippen LogP) is 4.39. The molecule has 0 unspecified atom stereocenters. The van der Waals surface area contributed by atoms with Crippen molar-refractivity contribution in [1.29, 1.82) is 0 Å². The van der Waals surface area contributed by atoms with Gasteiger partial charge in [-0.05, 0) is 68.4 Å². The Bertz CT molecular complexity index is 1230. The van der Waals surface area contributed by atoms with Crippen LogP contribution in [0.2, 0.25) is 0 Å². The van der Waals surface area contributed by atoms with Gasteiger partial charge in [0.05, 0.1) is 5.69 Å². The van der Waals surface area contributed by atoms with Gasteiger partial charge in [0, 0.05) is 42.8 Å². The lowest BCUT2D eigenvalue weighted by Gasteiger charge is -2.12. The summed E-state index contributed by atoms with van der Waals surface area (Å²) in [5.41, 5.74) is 4.19. The highest BCUT2D eigenvalue weighted by molar-refractivity contribution is 6.04. The second-order valence-corrected chi connectivity index (χ2v) is 7.58. The average molecular weight is 428 g/mol. The first-order chi connectivity index (χ1) is 15.4. The average Bonchev–Trinajstić information content (AvgIpc) is 3.13. The van der Waals surface area contributed by atoms with E-state index in [1.54, 1.807) is 47.1 Å². The van der Waals surface area contributed by atoms with Crippen molar-refractivity contribution in [3.8, 4) is 17.4 Å². The third kappa shape index (κ3) is 4.75. The molecular weight excluding hydrogens is 404 g/mol. The topological polar surface area (TPSA) is 85.2 Å². The number of nitrogens with one attached hydrogen (secondary N) is 1. The van der Waals surface area contributed by atoms with E-state index in [-0.39, 0.29) is 5.91 Å². The molecule has 2 heterocycles. The van der Waals surface area contributed by atoms with E-state index in [1.165, 1.54) is 6.33 Å². The Kier molecular flexibility index (Phi) is 5.85. The first-order valence-corrected chi connectivity index (χ1v) is 10.1. The summed E-state index contributed by atoms with van der Waals surface area (Å²) in [4.78, 5) is 22.9. The van der Waals surface area contributed by atoms with Gasteiger partial charge in [0.25, 0.3) is 5.91 Å². The Labute approximate surface area is 186 Å². The molecule has 0 saturated carbocycles. The summed E-state index contributed by atoms with van der Waals surface area (Å²) in [7, 11) is 3.92. The molecule has 2 aromatic carbocycles. The quantitative estimate of drug-likeness (QED) is 0.490. The molecule has 0 bridgehead atoms. The van der Waals surface area contributed by atoms with Crippen molar-refractivity contribution in [1.82, 2.24) is 19.7 Å². The molecule has 0 aliphatic rings. The van der Waals surface area contributed by atoms with Crippen molar-refractivity contribution in [2.45, 2.75) is 13.8 Å². The van der Waals surface area contributed by atoms with Gasteiger partial charge >= 0.3 is 0 Å². The molecule has 1 amide bonds. The number of amides is 1. The van der Waals surface area contributed by atoms with Gasteiger partial charge in [-0.25, -0.2) is 14.6 Å². The Morgan fingerprint density at radius 3 is 2.31 bits per heavy atom. The number of hydrogen-bond acceptors (Lipinski definition) is 6. The van der Waals surface area contributed by atoms with Crippen molar-refractivity contribution in [2.24, 2.45) is 0 Å². The molecule has 1 N–H and O–H groups in total. The molecule has 8 heteroatoms. The van der Waals surface area contributed by atoms with E-state index in [9.17, 15) is 4.79 Å². The molecule has 8 nitrogen and oxygen atoms in total. The molecular formula is C24H24N6O2. The van der Waals surface area contributed by atoms with E-state index in [1.807, 2.05) is 51.0 Å². The van der Waals surface area contributed by atoms with Gasteiger partial charge in [-0.15, -0.1) is 0 Å². The van der Waals surface area contributed by atoms with Gasteiger partial charge in [-0.1, -0.05) is 0 Å². The highest BCUT2D eigenvalue weighted by Gasteiger charge is 2.09. The molecule has 2 aromatic heterocycles. The number of carbonyl (C=O) groups is 1. The van der Waals surface area contributed by atoms with E-state index in [2.05, 4.69) is 20.4 Å². The summed E-state index contributed by atoms with van der Waals surface area (Å²) in [5.74, 6) is 1.45. The van der Waals surface area contributed by atoms with Crippen LogP contribution >= 0.6 is 0 Å². The number of hydrogen-bond donors (Lipinski definition) is 1. The monoisotopic (exact) mass is 428 g/mol. The first kappa shape index (κ1) is 21.0. The fourth-order valence-corrected chi connectivity index (χ4v) is 3.20. The maximum absolute atomic E-state index is 12.5. The summed E-state index contributed by atoms with van der Waals surface area (Å²) < 4.78 is 7.60. The Balaban J connectivity index is 1.42. The largest absolute Gasteiger partial charge is 0.439 e. The highest BCUT2D eigenvalue weighted by atomic mass is 16.5. The van der Waals surface area contributed by atoms with Crippen LogP contribution in [0, 0.1) is 13.8 Å². The maximum atomic E-state index is 12.5. The summed E-state index contributed by atoms with van der Waals surface area (Å²) >= 11 is 0. The van der Waals surface area contributed by atoms with Crippen molar-refractivity contribution in [3.05, 3.63) is 83.9 Å². The highest BCUT2D eigenvalue weighted by Crippen LogP contribution is 2.23. The minimum absolute atomic E-state index is 0.172. The van der Waals surface area contributed by atoms with Gasteiger partial charge in [-0.3, -0.25) is 4.79 Å². The van der Waals surface area contributed by atoms with Crippen molar-refractivity contribution in [3.63, 3.8) is 0 Å². The zero-order valence-corrected chi connectivity index (χ0v) is 18.4. The van der Waals surface area contributed by atoms with Crippen LogP contribution in [0.3, 0.4) is 0 Å². The van der Waals surface area contributed by atoms with Gasteiger partial charge in [0.15, 0.2) is 5.82 Å². The van der Waals surface area contributed by atoms with Gasteiger partial charge in [0.1, 0.15) is 12.1 Å². The molecule has 0 radical (unpaired) electrons. The van der Waals surface area contributed by atoms with Crippen molar-refractivity contribution >= 4 is 17.3 Å². The van der Waals surface area contributed by atoms with Gasteiger partial charge in [-0.2, -0.15) is 5.10 Å². The molecule has 0 atom stereocenters. The van der Waals surface area contributed by atoms with Crippen molar-refractivity contribution in [2.75, 3.05) is 24.3 Å². The fraction of sp³-hybridized carbons (Fsp3) is 0.167. The van der Waals surface area contributed by atoms with Crippen molar-refractivity contribution < 1.29 is 9.53 Å². The molecule has 162 valence electrons. The van der Waals surface area contributed by atoms with Crippen LogP contribution in [-0.4, -0.2) is 39.8 Å². The predicted molar refractivity (Wildman–Crippen MR) is 124 cm³/mol. The SMILES string of the molecule is Cc1cc(C)n(-c2cc(Oc3ccc(NC(=O)c4ccc(N(C)C)cc4)cc3)ncn2)n1. The number of aromatic nitrogens is 4. The standard InChI is InChI=1S/C24H24N6O2/c1-16-13-17(2)30(28-16)22-14-23(26-15-25-22)32-21-11-7-19(8-12-21)27-24(31)18-5-9-20(10-6-18)29(3)4/h5-15H,1-4H3,(H,27,31). The summed E-state index contributed by atoms with van der Waals surface area (Å²) in [6.07, 6.45) is 1.44. The zero-order valence-electron chi connectivity index (χ0n) is 18.4. The lowest BCUT2D eigenvalue weighted by molar-refractivity contribution is 0.102. The summed E-state index contributed by atoms with van der Waals surface area (Å²) in [6.45, 7) is 3.90. The van der Waals surface area contributed by atoms with Gasteiger partial charge < -0.3 is 15.0 Å². The van der Waals surface area contributed by atoms with E-state index in [0.29, 0.717) is 28.7 Å². The third-order valence-electron chi connectivity index (χ3n) is 4.83. The van der Waals surface area contributed by atoms with E-state index >= 15 is 0 Å².